The standard InChI is InChI=1S/C14H12N4O3S/c1-20-13(19)11-6-5-9(21-11)8-16-14-18-17-12(22-14)10-4-2-3-7-15-10/h2-7H,8H2,1H3,(H,16,18). The maximum atomic E-state index is 11.3. The molecule has 112 valence electrons. The van der Waals surface area contributed by atoms with Crippen LogP contribution in [0.5, 0.6) is 0 Å². The second-order valence-electron chi connectivity index (χ2n) is 4.24. The number of nitrogens with one attached hydrogen (secondary N) is 1. The minimum atomic E-state index is -0.500. The van der Waals surface area contributed by atoms with Crippen molar-refractivity contribution in [1.82, 2.24) is 15.2 Å². The van der Waals surface area contributed by atoms with Crippen LogP contribution in [-0.4, -0.2) is 28.3 Å². The highest BCUT2D eigenvalue weighted by Gasteiger charge is 2.12. The number of esters is 1. The third kappa shape index (κ3) is 3.12. The number of carbonyl (C=O) groups excluding carboxylic acids is 1. The van der Waals surface area contributed by atoms with Gasteiger partial charge in [-0.05, 0) is 24.3 Å². The lowest BCUT2D eigenvalue weighted by Crippen LogP contribution is -2.00. The molecular formula is C14H12N4O3S. The lowest BCUT2D eigenvalue weighted by Gasteiger charge is -1.98. The number of carbonyl (C=O) groups is 1. The minimum absolute atomic E-state index is 0.172. The quantitative estimate of drug-likeness (QED) is 0.723. The maximum Gasteiger partial charge on any atom is 0.373 e. The molecule has 0 amide bonds. The van der Waals surface area contributed by atoms with Crippen LogP contribution in [0.25, 0.3) is 10.7 Å². The summed E-state index contributed by atoms with van der Waals surface area (Å²) in [6, 6.07) is 8.90. The van der Waals surface area contributed by atoms with Crippen molar-refractivity contribution in [3.63, 3.8) is 0 Å². The third-order valence-electron chi connectivity index (χ3n) is 2.77. The van der Waals surface area contributed by atoms with Crippen LogP contribution in [0, 0.1) is 0 Å². The van der Waals surface area contributed by atoms with E-state index in [1.807, 2.05) is 18.2 Å². The highest BCUT2D eigenvalue weighted by Crippen LogP contribution is 2.24. The molecule has 0 aromatic carbocycles. The summed E-state index contributed by atoms with van der Waals surface area (Å²) in [7, 11) is 1.31. The van der Waals surface area contributed by atoms with E-state index >= 15 is 0 Å². The van der Waals surface area contributed by atoms with Gasteiger partial charge in [-0.3, -0.25) is 4.98 Å². The van der Waals surface area contributed by atoms with Crippen molar-refractivity contribution in [3.8, 4) is 10.7 Å². The van der Waals surface area contributed by atoms with E-state index in [-0.39, 0.29) is 5.76 Å². The summed E-state index contributed by atoms with van der Waals surface area (Å²) in [6.45, 7) is 0.397. The van der Waals surface area contributed by atoms with Gasteiger partial charge in [0.05, 0.1) is 13.7 Å². The van der Waals surface area contributed by atoms with Crippen molar-refractivity contribution in [3.05, 3.63) is 48.0 Å². The number of nitrogens with zero attached hydrogens (tertiary/aromatic N) is 3. The zero-order valence-corrected chi connectivity index (χ0v) is 12.5. The second kappa shape index (κ2) is 6.35. The molecule has 0 unspecified atom stereocenters. The number of furan rings is 1. The van der Waals surface area contributed by atoms with E-state index in [9.17, 15) is 4.79 Å². The largest absolute Gasteiger partial charge is 0.463 e. The van der Waals surface area contributed by atoms with Gasteiger partial charge in [-0.25, -0.2) is 4.79 Å². The predicted molar refractivity (Wildman–Crippen MR) is 80.5 cm³/mol. The topological polar surface area (TPSA) is 90.1 Å². The Morgan fingerprint density at radius 1 is 1.32 bits per heavy atom. The molecule has 8 heteroatoms. The summed E-state index contributed by atoms with van der Waals surface area (Å²) in [5, 5.41) is 12.6. The number of hydrogen-bond acceptors (Lipinski definition) is 8. The summed E-state index contributed by atoms with van der Waals surface area (Å²) in [4.78, 5) is 15.5. The van der Waals surface area contributed by atoms with Crippen LogP contribution in [0.2, 0.25) is 0 Å². The van der Waals surface area contributed by atoms with E-state index in [1.54, 1.807) is 18.3 Å². The van der Waals surface area contributed by atoms with Gasteiger partial charge >= 0.3 is 5.97 Å². The number of anilines is 1. The van der Waals surface area contributed by atoms with Crippen molar-refractivity contribution >= 4 is 22.4 Å². The minimum Gasteiger partial charge on any atom is -0.463 e. The molecule has 3 aromatic heterocycles. The van der Waals surface area contributed by atoms with Crippen molar-refractivity contribution < 1.29 is 13.9 Å². The fourth-order valence-electron chi connectivity index (χ4n) is 1.73. The Morgan fingerprint density at radius 2 is 2.23 bits per heavy atom. The highest BCUT2D eigenvalue weighted by atomic mass is 32.1. The molecule has 3 heterocycles. The van der Waals surface area contributed by atoms with Crippen molar-refractivity contribution in [2.45, 2.75) is 6.54 Å². The van der Waals surface area contributed by atoms with Crippen LogP contribution < -0.4 is 5.32 Å². The average Bonchev–Trinajstić information content (AvgIpc) is 3.22. The van der Waals surface area contributed by atoms with E-state index in [1.165, 1.54) is 18.4 Å². The van der Waals surface area contributed by atoms with Crippen LogP contribution in [0.3, 0.4) is 0 Å². The van der Waals surface area contributed by atoms with Gasteiger partial charge in [0.1, 0.15) is 11.5 Å². The predicted octanol–water partition coefficient (Wildman–Crippen LogP) is 2.59. The first kappa shape index (κ1) is 14.2. The number of rotatable bonds is 5. The van der Waals surface area contributed by atoms with Gasteiger partial charge in [-0.15, -0.1) is 10.2 Å². The molecule has 1 N–H and O–H groups in total. The molecular weight excluding hydrogens is 304 g/mol. The molecule has 0 radical (unpaired) electrons. The maximum absolute atomic E-state index is 11.3. The summed E-state index contributed by atoms with van der Waals surface area (Å²) in [6.07, 6.45) is 1.71. The molecule has 0 saturated carbocycles. The highest BCUT2D eigenvalue weighted by molar-refractivity contribution is 7.18. The average molecular weight is 316 g/mol. The summed E-state index contributed by atoms with van der Waals surface area (Å²) in [5.74, 6) is 0.278. The third-order valence-corrected chi connectivity index (χ3v) is 3.67. The molecule has 0 aliphatic carbocycles. The van der Waals surface area contributed by atoms with Gasteiger partial charge in [0.25, 0.3) is 0 Å². The number of aromatic nitrogens is 3. The molecule has 0 bridgehead atoms. The molecule has 3 rings (SSSR count). The van der Waals surface area contributed by atoms with Crippen LogP contribution in [0.15, 0.2) is 40.9 Å². The van der Waals surface area contributed by atoms with Gasteiger partial charge < -0.3 is 14.5 Å². The Balaban J connectivity index is 1.64. The fourth-order valence-corrected chi connectivity index (χ4v) is 2.45. The van der Waals surface area contributed by atoms with Crippen LogP contribution >= 0.6 is 11.3 Å². The smallest absolute Gasteiger partial charge is 0.373 e. The lowest BCUT2D eigenvalue weighted by atomic mass is 10.4. The second-order valence-corrected chi connectivity index (χ2v) is 5.22. The van der Waals surface area contributed by atoms with Crippen LogP contribution in [-0.2, 0) is 11.3 Å². The molecule has 0 saturated heterocycles. The zero-order valence-electron chi connectivity index (χ0n) is 11.6. The molecule has 0 atom stereocenters. The summed E-state index contributed by atoms with van der Waals surface area (Å²) >= 11 is 1.39. The van der Waals surface area contributed by atoms with Crippen molar-refractivity contribution in [2.24, 2.45) is 0 Å². The molecule has 7 nitrogen and oxygen atoms in total. The molecule has 0 fully saturated rings. The van der Waals surface area contributed by atoms with Gasteiger partial charge in [0.15, 0.2) is 5.01 Å². The fraction of sp³-hybridized carbons (Fsp3) is 0.143. The summed E-state index contributed by atoms with van der Waals surface area (Å²) in [5.41, 5.74) is 0.777. The normalized spacial score (nSPS) is 10.4. The van der Waals surface area contributed by atoms with E-state index in [0.29, 0.717) is 17.4 Å². The SMILES string of the molecule is COC(=O)c1ccc(CNc2nnc(-c3ccccn3)s2)o1. The van der Waals surface area contributed by atoms with Gasteiger partial charge in [-0.2, -0.15) is 0 Å². The van der Waals surface area contributed by atoms with Gasteiger partial charge in [0.2, 0.25) is 10.9 Å². The van der Waals surface area contributed by atoms with E-state index in [4.69, 9.17) is 4.42 Å². The van der Waals surface area contributed by atoms with Crippen molar-refractivity contribution in [2.75, 3.05) is 12.4 Å². The van der Waals surface area contributed by atoms with Gasteiger partial charge in [0, 0.05) is 6.20 Å². The Labute approximate surface area is 130 Å². The van der Waals surface area contributed by atoms with E-state index in [2.05, 4.69) is 25.2 Å². The van der Waals surface area contributed by atoms with Crippen LogP contribution in [0.1, 0.15) is 16.3 Å². The van der Waals surface area contributed by atoms with E-state index in [0.717, 1.165) is 10.7 Å². The number of ether oxygens (including phenoxy) is 1. The monoisotopic (exact) mass is 316 g/mol. The van der Waals surface area contributed by atoms with Crippen LogP contribution in [0.4, 0.5) is 5.13 Å². The first-order chi connectivity index (χ1) is 10.8. The van der Waals surface area contributed by atoms with Gasteiger partial charge in [-0.1, -0.05) is 17.4 Å². The molecule has 0 aliphatic rings. The van der Waals surface area contributed by atoms with Crippen molar-refractivity contribution in [1.29, 1.82) is 0 Å². The first-order valence-electron chi connectivity index (χ1n) is 6.42. The Bertz CT molecular complexity index is 769. The molecule has 3 aromatic rings. The Hall–Kier alpha value is -2.74. The molecule has 22 heavy (non-hydrogen) atoms. The first-order valence-corrected chi connectivity index (χ1v) is 7.23. The number of methoxy groups -OCH3 is 1. The Kier molecular flexibility index (Phi) is 4.10. The molecule has 0 aliphatic heterocycles. The van der Waals surface area contributed by atoms with E-state index < -0.39 is 5.97 Å². The summed E-state index contributed by atoms with van der Waals surface area (Å²) < 4.78 is 9.94. The molecule has 0 spiro atoms. The number of hydrogen-bond donors (Lipinski definition) is 1. The lowest BCUT2D eigenvalue weighted by molar-refractivity contribution is 0.0563. The zero-order chi connectivity index (χ0) is 15.4. The number of pyridine rings is 1. The Morgan fingerprint density at radius 3 is 3.00 bits per heavy atom.